The smallest absolute Gasteiger partial charge is 0.335 e. The lowest BCUT2D eigenvalue weighted by Crippen LogP contribution is -2.54. The Morgan fingerprint density at radius 1 is 0.857 bits per heavy atom. The van der Waals surface area contributed by atoms with Crippen molar-refractivity contribution in [3.8, 4) is 11.5 Å². The van der Waals surface area contributed by atoms with Crippen LogP contribution in [-0.2, 0) is 9.59 Å². The largest absolute Gasteiger partial charge is 0.494 e. The number of nitrogens with one attached hydrogen (secondary N) is 1. The highest BCUT2D eigenvalue weighted by molar-refractivity contribution is 6.39. The number of fused-ring (bicyclic) bond motifs is 1. The Balaban J connectivity index is 1.71. The second kappa shape index (κ2) is 10.9. The summed E-state index contributed by atoms with van der Waals surface area (Å²) in [5.74, 6) is -0.235. The molecule has 1 N–H and O–H groups in total. The molecule has 1 aliphatic heterocycles. The standard InChI is InChI=1S/C28H28N2O5/c1-3-5-17-34-21-13-11-20(12-14-21)30-27(32)24(26(31)29-28(30)33)18-23-22-9-7-6-8-19(22)10-15-25(23)35-16-4-2/h6-15,18H,3-5,16-17H2,1-2H3,(H,29,31,33)/b24-18-. The maximum Gasteiger partial charge on any atom is 0.335 e. The normalized spacial score (nSPS) is 15.0. The van der Waals surface area contributed by atoms with Gasteiger partial charge in [-0.05, 0) is 60.0 Å². The molecule has 0 unspecified atom stereocenters. The molecule has 0 aliphatic carbocycles. The average molecular weight is 473 g/mol. The number of rotatable bonds is 9. The molecule has 1 fully saturated rings. The van der Waals surface area contributed by atoms with Crippen LogP contribution in [0.4, 0.5) is 10.5 Å². The van der Waals surface area contributed by atoms with Crippen LogP contribution >= 0.6 is 0 Å². The quantitative estimate of drug-likeness (QED) is 0.253. The number of barbiturate groups is 1. The number of anilines is 1. The van der Waals surface area contributed by atoms with Gasteiger partial charge in [0, 0.05) is 5.56 Å². The Morgan fingerprint density at radius 3 is 2.37 bits per heavy atom. The van der Waals surface area contributed by atoms with Crippen molar-refractivity contribution in [1.82, 2.24) is 5.32 Å². The van der Waals surface area contributed by atoms with E-state index in [0.29, 0.717) is 36.0 Å². The molecule has 0 aromatic heterocycles. The number of carbonyl (C=O) groups excluding carboxylic acids is 3. The first-order valence-electron chi connectivity index (χ1n) is 11.8. The summed E-state index contributed by atoms with van der Waals surface area (Å²) in [7, 11) is 0. The van der Waals surface area contributed by atoms with Crippen molar-refractivity contribution < 1.29 is 23.9 Å². The number of amides is 4. The Kier molecular flexibility index (Phi) is 7.45. The summed E-state index contributed by atoms with van der Waals surface area (Å²) in [5, 5.41) is 4.06. The summed E-state index contributed by atoms with van der Waals surface area (Å²) in [6.45, 7) is 5.16. The maximum atomic E-state index is 13.4. The Labute approximate surface area is 204 Å². The molecule has 180 valence electrons. The van der Waals surface area contributed by atoms with Gasteiger partial charge < -0.3 is 9.47 Å². The van der Waals surface area contributed by atoms with Gasteiger partial charge in [-0.3, -0.25) is 14.9 Å². The highest BCUT2D eigenvalue weighted by atomic mass is 16.5. The van der Waals surface area contributed by atoms with Gasteiger partial charge in [0.15, 0.2) is 0 Å². The summed E-state index contributed by atoms with van der Waals surface area (Å²) >= 11 is 0. The fourth-order valence-corrected chi connectivity index (χ4v) is 3.82. The number of imide groups is 2. The second-order valence-corrected chi connectivity index (χ2v) is 8.20. The summed E-state index contributed by atoms with van der Waals surface area (Å²) in [5.41, 5.74) is 0.809. The first kappa shape index (κ1) is 24.0. The van der Waals surface area contributed by atoms with E-state index < -0.39 is 17.8 Å². The van der Waals surface area contributed by atoms with Crippen LogP contribution in [0.1, 0.15) is 38.7 Å². The number of hydrogen-bond acceptors (Lipinski definition) is 5. The molecule has 1 aliphatic rings. The van der Waals surface area contributed by atoms with E-state index in [9.17, 15) is 14.4 Å². The summed E-state index contributed by atoms with van der Waals surface area (Å²) in [6.07, 6.45) is 4.27. The Morgan fingerprint density at radius 2 is 1.63 bits per heavy atom. The molecule has 7 heteroatoms. The van der Waals surface area contributed by atoms with E-state index in [1.54, 1.807) is 24.3 Å². The van der Waals surface area contributed by atoms with Crippen LogP contribution in [0.15, 0.2) is 66.2 Å². The summed E-state index contributed by atoms with van der Waals surface area (Å²) in [6, 6.07) is 17.3. The zero-order valence-corrected chi connectivity index (χ0v) is 19.9. The summed E-state index contributed by atoms with van der Waals surface area (Å²) in [4.78, 5) is 39.7. The molecule has 3 aromatic carbocycles. The molecular formula is C28H28N2O5. The predicted molar refractivity (Wildman–Crippen MR) is 136 cm³/mol. The van der Waals surface area contributed by atoms with Crippen LogP contribution in [0.2, 0.25) is 0 Å². The number of nitrogens with zero attached hydrogens (tertiary/aromatic N) is 1. The van der Waals surface area contributed by atoms with E-state index in [2.05, 4.69) is 12.2 Å². The van der Waals surface area contributed by atoms with Gasteiger partial charge in [-0.15, -0.1) is 0 Å². The van der Waals surface area contributed by atoms with Crippen LogP contribution in [0.5, 0.6) is 11.5 Å². The zero-order chi connectivity index (χ0) is 24.8. The van der Waals surface area contributed by atoms with Crippen molar-refractivity contribution in [2.24, 2.45) is 0 Å². The van der Waals surface area contributed by atoms with Crippen LogP contribution in [0.3, 0.4) is 0 Å². The van der Waals surface area contributed by atoms with Gasteiger partial charge in [-0.2, -0.15) is 0 Å². The first-order valence-corrected chi connectivity index (χ1v) is 11.8. The van der Waals surface area contributed by atoms with Crippen molar-refractivity contribution in [2.45, 2.75) is 33.1 Å². The fraction of sp³-hybridized carbons (Fsp3) is 0.250. The average Bonchev–Trinajstić information content (AvgIpc) is 2.86. The van der Waals surface area contributed by atoms with Gasteiger partial charge in [0.25, 0.3) is 11.8 Å². The topological polar surface area (TPSA) is 84.9 Å². The Bertz CT molecular complexity index is 1280. The van der Waals surface area contributed by atoms with Gasteiger partial charge in [0.1, 0.15) is 17.1 Å². The van der Waals surface area contributed by atoms with Gasteiger partial charge >= 0.3 is 6.03 Å². The minimum atomic E-state index is -0.794. The van der Waals surface area contributed by atoms with Gasteiger partial charge in [-0.1, -0.05) is 50.6 Å². The van der Waals surface area contributed by atoms with Crippen LogP contribution < -0.4 is 19.7 Å². The van der Waals surface area contributed by atoms with Crippen molar-refractivity contribution in [1.29, 1.82) is 0 Å². The predicted octanol–water partition coefficient (Wildman–Crippen LogP) is 5.47. The van der Waals surface area contributed by atoms with Gasteiger partial charge in [0.2, 0.25) is 0 Å². The van der Waals surface area contributed by atoms with Crippen molar-refractivity contribution in [3.63, 3.8) is 0 Å². The van der Waals surface area contributed by atoms with Crippen LogP contribution in [0, 0.1) is 0 Å². The molecule has 1 heterocycles. The van der Waals surface area contributed by atoms with Gasteiger partial charge in [0.05, 0.1) is 18.9 Å². The molecule has 0 radical (unpaired) electrons. The number of unbranched alkanes of at least 4 members (excludes halogenated alkanes) is 1. The minimum Gasteiger partial charge on any atom is -0.494 e. The number of benzene rings is 3. The molecule has 0 saturated carbocycles. The second-order valence-electron chi connectivity index (χ2n) is 8.20. The number of carbonyl (C=O) groups is 3. The highest BCUT2D eigenvalue weighted by Crippen LogP contribution is 2.32. The third-order valence-corrected chi connectivity index (χ3v) is 5.64. The zero-order valence-electron chi connectivity index (χ0n) is 19.9. The Hall–Kier alpha value is -4.13. The first-order chi connectivity index (χ1) is 17.0. The van der Waals surface area contributed by atoms with Crippen LogP contribution in [0.25, 0.3) is 16.8 Å². The number of ether oxygens (including phenoxy) is 2. The van der Waals surface area contributed by atoms with Crippen molar-refractivity contribution >= 4 is 40.4 Å². The third-order valence-electron chi connectivity index (χ3n) is 5.64. The van der Waals surface area contributed by atoms with Crippen LogP contribution in [-0.4, -0.2) is 31.1 Å². The van der Waals surface area contributed by atoms with Gasteiger partial charge in [-0.25, -0.2) is 9.69 Å². The SMILES string of the molecule is CCCCOc1ccc(N2C(=O)NC(=O)/C(=C/c3c(OCCC)ccc4ccccc34)C2=O)cc1. The van der Waals surface area contributed by atoms with E-state index in [1.165, 1.54) is 6.08 Å². The fourth-order valence-electron chi connectivity index (χ4n) is 3.82. The molecule has 0 bridgehead atoms. The van der Waals surface area contributed by atoms with E-state index in [4.69, 9.17) is 9.47 Å². The molecule has 4 amide bonds. The molecule has 3 aromatic rings. The summed E-state index contributed by atoms with van der Waals surface area (Å²) < 4.78 is 11.6. The molecule has 0 spiro atoms. The lowest BCUT2D eigenvalue weighted by molar-refractivity contribution is -0.122. The van der Waals surface area contributed by atoms with E-state index in [1.807, 2.05) is 43.3 Å². The molecular weight excluding hydrogens is 444 g/mol. The van der Waals surface area contributed by atoms with Crippen molar-refractivity contribution in [3.05, 3.63) is 71.8 Å². The lowest BCUT2D eigenvalue weighted by Gasteiger charge is -2.26. The number of hydrogen-bond donors (Lipinski definition) is 1. The molecule has 35 heavy (non-hydrogen) atoms. The third kappa shape index (κ3) is 5.19. The lowest BCUT2D eigenvalue weighted by atomic mass is 9.99. The van der Waals surface area contributed by atoms with E-state index in [-0.39, 0.29) is 5.57 Å². The minimum absolute atomic E-state index is 0.148. The maximum absolute atomic E-state index is 13.4. The molecule has 7 nitrogen and oxygen atoms in total. The molecule has 4 rings (SSSR count). The molecule has 0 atom stereocenters. The highest BCUT2D eigenvalue weighted by Gasteiger charge is 2.37. The number of urea groups is 1. The van der Waals surface area contributed by atoms with E-state index in [0.717, 1.165) is 34.9 Å². The molecule has 1 saturated heterocycles. The van der Waals surface area contributed by atoms with Crippen molar-refractivity contribution in [2.75, 3.05) is 18.1 Å². The van der Waals surface area contributed by atoms with E-state index >= 15 is 0 Å². The monoisotopic (exact) mass is 472 g/mol.